The third-order valence-corrected chi connectivity index (χ3v) is 4.42. The normalized spacial score (nSPS) is 10.6. The Labute approximate surface area is 164 Å². The summed E-state index contributed by atoms with van der Waals surface area (Å²) < 4.78 is 0. The summed E-state index contributed by atoms with van der Waals surface area (Å²) in [7, 11) is 0. The maximum atomic E-state index is 12.5. The third-order valence-electron chi connectivity index (χ3n) is 4.42. The van der Waals surface area contributed by atoms with Crippen LogP contribution in [0, 0.1) is 0 Å². The number of ketones is 1. The van der Waals surface area contributed by atoms with E-state index >= 15 is 0 Å². The summed E-state index contributed by atoms with van der Waals surface area (Å²) in [6, 6.07) is 18.3. The van der Waals surface area contributed by atoms with Crippen LogP contribution < -0.4 is 10.6 Å². The number of nitrogens with one attached hydrogen (secondary N) is 2. The molecule has 3 aromatic rings. The summed E-state index contributed by atoms with van der Waals surface area (Å²) in [6.45, 7) is 5.81. The fourth-order valence-electron chi connectivity index (χ4n) is 2.73. The number of benzene rings is 2. The second-order valence-electron chi connectivity index (χ2n) is 6.92. The van der Waals surface area contributed by atoms with Crippen LogP contribution in [0.15, 0.2) is 66.9 Å². The van der Waals surface area contributed by atoms with Gasteiger partial charge in [-0.1, -0.05) is 26.0 Å². The fourth-order valence-corrected chi connectivity index (χ4v) is 2.73. The fraction of sp³-hybridized carbons (Fsp3) is 0.174. The zero-order valence-electron chi connectivity index (χ0n) is 16.2. The van der Waals surface area contributed by atoms with Crippen LogP contribution in [0.3, 0.4) is 0 Å². The van der Waals surface area contributed by atoms with Gasteiger partial charge in [-0.05, 0) is 66.9 Å². The molecule has 142 valence electrons. The zero-order valence-corrected chi connectivity index (χ0v) is 16.2. The maximum Gasteiger partial charge on any atom is 0.255 e. The molecule has 0 saturated carbocycles. The van der Waals surface area contributed by atoms with Crippen LogP contribution in [0.5, 0.6) is 0 Å². The van der Waals surface area contributed by atoms with Gasteiger partial charge in [-0.15, -0.1) is 0 Å². The molecule has 1 aromatic heterocycles. The van der Waals surface area contributed by atoms with Gasteiger partial charge in [0, 0.05) is 28.7 Å². The number of nitrogens with zero attached hydrogens (tertiary/aromatic N) is 1. The molecule has 0 bridgehead atoms. The molecule has 28 heavy (non-hydrogen) atoms. The number of amides is 1. The van der Waals surface area contributed by atoms with E-state index in [0.29, 0.717) is 28.6 Å². The zero-order chi connectivity index (χ0) is 20.1. The summed E-state index contributed by atoms with van der Waals surface area (Å²) in [5.74, 6) is 0.820. The molecule has 5 nitrogen and oxygen atoms in total. The molecule has 0 unspecified atom stereocenters. The topological polar surface area (TPSA) is 71.1 Å². The molecule has 1 amide bonds. The van der Waals surface area contributed by atoms with Crippen molar-refractivity contribution in [2.45, 2.75) is 26.7 Å². The van der Waals surface area contributed by atoms with Crippen molar-refractivity contribution in [2.75, 3.05) is 10.6 Å². The third kappa shape index (κ3) is 4.82. The van der Waals surface area contributed by atoms with Gasteiger partial charge in [0.25, 0.3) is 5.91 Å². The van der Waals surface area contributed by atoms with Gasteiger partial charge in [0.15, 0.2) is 5.78 Å². The van der Waals surface area contributed by atoms with Crippen LogP contribution in [0.1, 0.15) is 53.0 Å². The Kier molecular flexibility index (Phi) is 5.84. The summed E-state index contributed by atoms with van der Waals surface area (Å²) in [6.07, 6.45) is 1.60. The second kappa shape index (κ2) is 8.48. The van der Waals surface area contributed by atoms with Crippen LogP contribution in [-0.4, -0.2) is 16.7 Å². The smallest absolute Gasteiger partial charge is 0.255 e. The first-order chi connectivity index (χ1) is 13.4. The van der Waals surface area contributed by atoms with Gasteiger partial charge in [-0.2, -0.15) is 0 Å². The SMILES string of the molecule is CC(=O)c1ccc(NC(=O)c2ccnc(Nc3ccc(C(C)C)cc3)c2)cc1. The number of hydrogen-bond donors (Lipinski definition) is 2. The Balaban J connectivity index is 1.69. The molecule has 5 heteroatoms. The van der Waals surface area contributed by atoms with E-state index in [1.807, 2.05) is 12.1 Å². The number of carbonyl (C=O) groups is 2. The monoisotopic (exact) mass is 373 g/mol. The van der Waals surface area contributed by atoms with Gasteiger partial charge in [0.2, 0.25) is 0 Å². The minimum Gasteiger partial charge on any atom is -0.340 e. The highest BCUT2D eigenvalue weighted by Crippen LogP contribution is 2.20. The first-order valence-electron chi connectivity index (χ1n) is 9.18. The first kappa shape index (κ1) is 19.3. The molecule has 0 aliphatic heterocycles. The minimum atomic E-state index is -0.240. The largest absolute Gasteiger partial charge is 0.340 e. The van der Waals surface area contributed by atoms with Crippen molar-refractivity contribution in [1.82, 2.24) is 4.98 Å². The highest BCUT2D eigenvalue weighted by atomic mass is 16.1. The molecular weight excluding hydrogens is 350 g/mol. The molecule has 0 fully saturated rings. The molecule has 0 radical (unpaired) electrons. The van der Waals surface area contributed by atoms with E-state index in [0.717, 1.165) is 5.69 Å². The standard InChI is InChI=1S/C23H23N3O2/c1-15(2)17-4-8-20(9-5-17)25-22-14-19(12-13-24-22)23(28)26-21-10-6-18(7-11-21)16(3)27/h4-15H,1-3H3,(H,24,25)(H,26,28). The lowest BCUT2D eigenvalue weighted by Gasteiger charge is -2.10. The molecule has 2 aromatic carbocycles. The summed E-state index contributed by atoms with van der Waals surface area (Å²) in [5, 5.41) is 6.05. The van der Waals surface area contributed by atoms with E-state index in [1.165, 1.54) is 12.5 Å². The lowest BCUT2D eigenvalue weighted by molar-refractivity contribution is 0.101. The van der Waals surface area contributed by atoms with Crippen molar-refractivity contribution in [3.8, 4) is 0 Å². The van der Waals surface area contributed by atoms with E-state index in [-0.39, 0.29) is 11.7 Å². The second-order valence-corrected chi connectivity index (χ2v) is 6.92. The number of hydrogen-bond acceptors (Lipinski definition) is 4. The summed E-state index contributed by atoms with van der Waals surface area (Å²) in [5.41, 5.74) is 3.91. The van der Waals surface area contributed by atoms with Gasteiger partial charge in [-0.25, -0.2) is 4.98 Å². The van der Waals surface area contributed by atoms with E-state index in [9.17, 15) is 9.59 Å². The predicted molar refractivity (Wildman–Crippen MR) is 112 cm³/mol. The van der Waals surface area contributed by atoms with Gasteiger partial charge < -0.3 is 10.6 Å². The van der Waals surface area contributed by atoms with Crippen molar-refractivity contribution >= 4 is 28.9 Å². The number of carbonyl (C=O) groups excluding carboxylic acids is 2. The highest BCUT2D eigenvalue weighted by Gasteiger charge is 2.09. The van der Waals surface area contributed by atoms with Gasteiger partial charge >= 0.3 is 0 Å². The molecule has 2 N–H and O–H groups in total. The Hall–Kier alpha value is -3.47. The molecule has 1 heterocycles. The number of anilines is 3. The first-order valence-corrected chi connectivity index (χ1v) is 9.18. The van der Waals surface area contributed by atoms with Crippen molar-refractivity contribution in [3.05, 3.63) is 83.6 Å². The lowest BCUT2D eigenvalue weighted by atomic mass is 10.0. The van der Waals surface area contributed by atoms with Crippen LogP contribution in [0.2, 0.25) is 0 Å². The lowest BCUT2D eigenvalue weighted by Crippen LogP contribution is -2.12. The number of pyridine rings is 1. The molecule has 0 atom stereocenters. The van der Waals surface area contributed by atoms with E-state index in [2.05, 4.69) is 41.6 Å². The molecular formula is C23H23N3O2. The van der Waals surface area contributed by atoms with E-state index < -0.39 is 0 Å². The molecule has 0 spiro atoms. The van der Waals surface area contributed by atoms with E-state index in [4.69, 9.17) is 0 Å². The Bertz CT molecular complexity index is 977. The Morgan fingerprint density at radius 2 is 1.50 bits per heavy atom. The molecule has 0 saturated heterocycles. The van der Waals surface area contributed by atoms with Crippen molar-refractivity contribution in [2.24, 2.45) is 0 Å². The van der Waals surface area contributed by atoms with Crippen LogP contribution in [0.4, 0.5) is 17.2 Å². The van der Waals surface area contributed by atoms with Crippen LogP contribution in [0.25, 0.3) is 0 Å². The van der Waals surface area contributed by atoms with Gasteiger partial charge in [-0.3, -0.25) is 9.59 Å². The maximum absolute atomic E-state index is 12.5. The van der Waals surface area contributed by atoms with Gasteiger partial charge in [0.1, 0.15) is 5.82 Å². The van der Waals surface area contributed by atoms with Crippen LogP contribution >= 0.6 is 0 Å². The van der Waals surface area contributed by atoms with E-state index in [1.54, 1.807) is 42.6 Å². The van der Waals surface area contributed by atoms with Crippen molar-refractivity contribution in [1.29, 1.82) is 0 Å². The van der Waals surface area contributed by atoms with Crippen LogP contribution in [-0.2, 0) is 0 Å². The Morgan fingerprint density at radius 3 is 2.11 bits per heavy atom. The average molecular weight is 373 g/mol. The number of rotatable bonds is 6. The Morgan fingerprint density at radius 1 is 0.857 bits per heavy atom. The number of Topliss-reactive ketones (excluding diaryl/α,β-unsaturated/α-hetero) is 1. The van der Waals surface area contributed by atoms with Crippen molar-refractivity contribution in [3.63, 3.8) is 0 Å². The molecule has 0 aliphatic rings. The minimum absolute atomic E-state index is 0.0100. The summed E-state index contributed by atoms with van der Waals surface area (Å²) in [4.78, 5) is 28.1. The quantitative estimate of drug-likeness (QED) is 0.567. The highest BCUT2D eigenvalue weighted by molar-refractivity contribution is 6.05. The van der Waals surface area contributed by atoms with Gasteiger partial charge in [0.05, 0.1) is 0 Å². The molecule has 0 aliphatic carbocycles. The number of aromatic nitrogens is 1. The predicted octanol–water partition coefficient (Wildman–Crippen LogP) is 5.40. The molecule has 3 rings (SSSR count). The summed E-state index contributed by atoms with van der Waals surface area (Å²) >= 11 is 0. The van der Waals surface area contributed by atoms with Crippen molar-refractivity contribution < 1.29 is 9.59 Å². The average Bonchev–Trinajstić information content (AvgIpc) is 2.69.